The quantitative estimate of drug-likeness (QED) is 0.640. The molecule has 1 heterocycles. The highest BCUT2D eigenvalue weighted by Gasteiger charge is 2.21. The minimum Gasteiger partial charge on any atom is -0.300 e. The zero-order valence-corrected chi connectivity index (χ0v) is 8.85. The van der Waals surface area contributed by atoms with Gasteiger partial charge in [0.2, 0.25) is 0 Å². The van der Waals surface area contributed by atoms with Gasteiger partial charge in [0.05, 0.1) is 6.54 Å². The van der Waals surface area contributed by atoms with Crippen molar-refractivity contribution >= 4 is 11.5 Å². The van der Waals surface area contributed by atoms with Crippen LogP contribution in [-0.2, 0) is 4.79 Å². The molecule has 0 atom stereocenters. The number of rotatable bonds is 2. The summed E-state index contributed by atoms with van der Waals surface area (Å²) in [4.78, 5) is 15.3. The summed E-state index contributed by atoms with van der Waals surface area (Å²) >= 11 is 0. The molecular formula is C11H17NO. The van der Waals surface area contributed by atoms with Gasteiger partial charge in [0.1, 0.15) is 5.78 Å². The molecule has 0 bridgehead atoms. The van der Waals surface area contributed by atoms with E-state index in [-0.39, 0.29) is 11.2 Å². The van der Waals surface area contributed by atoms with Crippen LogP contribution < -0.4 is 0 Å². The molecule has 72 valence electrons. The fourth-order valence-corrected chi connectivity index (χ4v) is 1.35. The molecule has 0 aromatic heterocycles. The van der Waals surface area contributed by atoms with Crippen molar-refractivity contribution in [1.82, 2.24) is 0 Å². The van der Waals surface area contributed by atoms with E-state index in [1.807, 2.05) is 0 Å². The Kier molecular flexibility index (Phi) is 2.69. The lowest BCUT2D eigenvalue weighted by molar-refractivity contribution is -0.116. The lowest BCUT2D eigenvalue weighted by atomic mass is 9.89. The molecule has 1 aliphatic heterocycles. The first kappa shape index (κ1) is 10.2. The van der Waals surface area contributed by atoms with E-state index in [9.17, 15) is 4.79 Å². The average molecular weight is 179 g/mol. The summed E-state index contributed by atoms with van der Waals surface area (Å²) in [7, 11) is 0. The first-order valence-electron chi connectivity index (χ1n) is 4.63. The van der Waals surface area contributed by atoms with Crippen LogP contribution in [-0.4, -0.2) is 18.0 Å². The van der Waals surface area contributed by atoms with Crippen molar-refractivity contribution in [3.05, 3.63) is 11.6 Å². The first-order chi connectivity index (χ1) is 5.89. The summed E-state index contributed by atoms with van der Waals surface area (Å²) in [5.41, 5.74) is 2.37. The van der Waals surface area contributed by atoms with Crippen LogP contribution >= 0.6 is 0 Å². The highest BCUT2D eigenvalue weighted by Crippen LogP contribution is 2.23. The molecule has 0 unspecified atom stereocenters. The Bertz CT molecular complexity index is 279. The maximum Gasteiger partial charge on any atom is 0.133 e. The summed E-state index contributed by atoms with van der Waals surface area (Å²) in [6, 6.07) is 0. The van der Waals surface area contributed by atoms with E-state index in [4.69, 9.17) is 0 Å². The summed E-state index contributed by atoms with van der Waals surface area (Å²) in [6.07, 6.45) is 2.63. The van der Waals surface area contributed by atoms with Crippen molar-refractivity contribution in [3.63, 3.8) is 0 Å². The molecule has 1 aliphatic rings. The molecule has 0 aromatic rings. The van der Waals surface area contributed by atoms with E-state index in [0.29, 0.717) is 13.0 Å². The van der Waals surface area contributed by atoms with Crippen molar-refractivity contribution in [2.45, 2.75) is 34.1 Å². The summed E-state index contributed by atoms with van der Waals surface area (Å²) in [5, 5.41) is 0. The third kappa shape index (κ3) is 2.79. The Hall–Kier alpha value is -0.920. The lowest BCUT2D eigenvalue weighted by Crippen LogP contribution is -2.16. The molecule has 0 saturated heterocycles. The van der Waals surface area contributed by atoms with Crippen LogP contribution in [0.2, 0.25) is 0 Å². The van der Waals surface area contributed by atoms with Crippen LogP contribution in [0.25, 0.3) is 0 Å². The largest absolute Gasteiger partial charge is 0.300 e. The minimum absolute atomic E-state index is 0.110. The fourth-order valence-electron chi connectivity index (χ4n) is 1.35. The zero-order valence-electron chi connectivity index (χ0n) is 8.85. The summed E-state index contributed by atoms with van der Waals surface area (Å²) in [6.45, 7) is 8.75. The van der Waals surface area contributed by atoms with Crippen LogP contribution in [0.3, 0.4) is 0 Å². The van der Waals surface area contributed by atoms with Gasteiger partial charge in [-0.1, -0.05) is 20.8 Å². The van der Waals surface area contributed by atoms with Gasteiger partial charge in [0.25, 0.3) is 0 Å². The van der Waals surface area contributed by atoms with Crippen LogP contribution in [0.4, 0.5) is 0 Å². The average Bonchev–Trinajstić information content (AvgIpc) is 2.32. The predicted octanol–water partition coefficient (Wildman–Crippen LogP) is 2.39. The van der Waals surface area contributed by atoms with E-state index in [2.05, 4.69) is 31.8 Å². The van der Waals surface area contributed by atoms with Gasteiger partial charge in [0, 0.05) is 17.5 Å². The van der Waals surface area contributed by atoms with Crippen molar-refractivity contribution < 1.29 is 4.79 Å². The Balaban J connectivity index is 2.66. The molecule has 13 heavy (non-hydrogen) atoms. The second kappa shape index (κ2) is 3.44. The number of hydrogen-bond acceptors (Lipinski definition) is 2. The molecule has 2 nitrogen and oxygen atoms in total. The molecule has 0 saturated carbocycles. The van der Waals surface area contributed by atoms with Gasteiger partial charge in [-0.25, -0.2) is 0 Å². The van der Waals surface area contributed by atoms with Gasteiger partial charge in [-0.3, -0.25) is 9.79 Å². The SMILES string of the molecule is CC(=O)CC1=CC(C(C)(C)C)=NC1. The third-order valence-corrected chi connectivity index (χ3v) is 2.04. The predicted molar refractivity (Wildman–Crippen MR) is 55.1 cm³/mol. The number of allylic oxidation sites excluding steroid dienone is 1. The van der Waals surface area contributed by atoms with E-state index in [0.717, 1.165) is 11.3 Å². The van der Waals surface area contributed by atoms with Crippen molar-refractivity contribution in [3.8, 4) is 0 Å². The van der Waals surface area contributed by atoms with Crippen LogP contribution in [0, 0.1) is 5.41 Å². The standard InChI is InChI=1S/C11H17NO/c1-8(13)5-9-6-10(12-7-9)11(2,3)4/h6H,5,7H2,1-4H3. The summed E-state index contributed by atoms with van der Waals surface area (Å²) in [5.74, 6) is 0.219. The van der Waals surface area contributed by atoms with Gasteiger partial charge < -0.3 is 0 Å². The number of carbonyl (C=O) groups is 1. The highest BCUT2D eigenvalue weighted by molar-refractivity contribution is 6.02. The molecule has 0 radical (unpaired) electrons. The van der Waals surface area contributed by atoms with Gasteiger partial charge in [-0.05, 0) is 18.6 Å². The van der Waals surface area contributed by atoms with E-state index < -0.39 is 0 Å². The second-order valence-electron chi connectivity index (χ2n) is 4.63. The molecule has 1 rings (SSSR count). The maximum absolute atomic E-state index is 10.9. The Labute approximate surface area is 79.8 Å². The Morgan fingerprint density at radius 3 is 2.54 bits per heavy atom. The molecule has 0 spiro atoms. The van der Waals surface area contributed by atoms with E-state index >= 15 is 0 Å². The molecule has 0 aliphatic carbocycles. The van der Waals surface area contributed by atoms with E-state index in [1.54, 1.807) is 6.92 Å². The molecule has 0 aromatic carbocycles. The van der Waals surface area contributed by atoms with Crippen molar-refractivity contribution in [1.29, 1.82) is 0 Å². The lowest BCUT2D eigenvalue weighted by Gasteiger charge is -2.16. The Morgan fingerprint density at radius 2 is 2.15 bits per heavy atom. The normalized spacial score (nSPS) is 16.9. The summed E-state index contributed by atoms with van der Waals surface area (Å²) < 4.78 is 0. The third-order valence-electron chi connectivity index (χ3n) is 2.04. The van der Waals surface area contributed by atoms with Gasteiger partial charge in [-0.15, -0.1) is 0 Å². The number of hydrogen-bond donors (Lipinski definition) is 0. The topological polar surface area (TPSA) is 29.4 Å². The monoisotopic (exact) mass is 179 g/mol. The minimum atomic E-state index is 0.110. The highest BCUT2D eigenvalue weighted by atomic mass is 16.1. The molecule has 0 amide bonds. The van der Waals surface area contributed by atoms with E-state index in [1.165, 1.54) is 0 Å². The zero-order chi connectivity index (χ0) is 10.1. The maximum atomic E-state index is 10.9. The van der Waals surface area contributed by atoms with Gasteiger partial charge in [0.15, 0.2) is 0 Å². The smallest absolute Gasteiger partial charge is 0.133 e. The van der Waals surface area contributed by atoms with Crippen molar-refractivity contribution in [2.75, 3.05) is 6.54 Å². The number of nitrogens with zero attached hydrogens (tertiary/aromatic N) is 1. The number of ketones is 1. The number of carbonyl (C=O) groups excluding carboxylic acids is 1. The molecular weight excluding hydrogens is 162 g/mol. The van der Waals surface area contributed by atoms with Gasteiger partial charge >= 0.3 is 0 Å². The molecule has 0 N–H and O–H groups in total. The Morgan fingerprint density at radius 1 is 1.54 bits per heavy atom. The molecule has 2 heteroatoms. The number of aliphatic imine (C=N–C) groups is 1. The van der Waals surface area contributed by atoms with Crippen LogP contribution in [0.1, 0.15) is 34.1 Å². The first-order valence-corrected chi connectivity index (χ1v) is 4.63. The van der Waals surface area contributed by atoms with Crippen LogP contribution in [0.15, 0.2) is 16.6 Å². The second-order valence-corrected chi connectivity index (χ2v) is 4.63. The van der Waals surface area contributed by atoms with Crippen LogP contribution in [0.5, 0.6) is 0 Å². The number of Topliss-reactive ketones (excluding diaryl/α,β-unsaturated/α-hetero) is 1. The molecule has 0 fully saturated rings. The fraction of sp³-hybridized carbons (Fsp3) is 0.636. The van der Waals surface area contributed by atoms with Gasteiger partial charge in [-0.2, -0.15) is 0 Å². The van der Waals surface area contributed by atoms with Crippen molar-refractivity contribution in [2.24, 2.45) is 10.4 Å².